The molecule has 0 aliphatic carbocycles. The number of anilines is 1. The Morgan fingerprint density at radius 2 is 2.46 bits per heavy atom. The number of nitrogens with zero attached hydrogens (tertiary/aromatic N) is 2. The summed E-state index contributed by atoms with van der Waals surface area (Å²) in [7, 11) is 0. The molecule has 2 aromatic heterocycles. The van der Waals surface area contributed by atoms with Crippen LogP contribution in [0.4, 0.5) is 5.82 Å². The summed E-state index contributed by atoms with van der Waals surface area (Å²) in [5, 5.41) is 6.19. The lowest BCUT2D eigenvalue weighted by Gasteiger charge is -2.00. The van der Waals surface area contributed by atoms with Crippen molar-refractivity contribution >= 4 is 33.1 Å². The zero-order valence-electron chi connectivity index (χ0n) is 6.77. The molecule has 0 fully saturated rings. The summed E-state index contributed by atoms with van der Waals surface area (Å²) in [5.74, 6) is 0.697. The summed E-state index contributed by atoms with van der Waals surface area (Å²) < 4.78 is 2.90. The van der Waals surface area contributed by atoms with Crippen LogP contribution in [0.3, 0.4) is 0 Å². The van der Waals surface area contributed by atoms with E-state index in [1.807, 2.05) is 0 Å². The summed E-state index contributed by atoms with van der Waals surface area (Å²) in [6.07, 6.45) is 1.71. The lowest BCUT2D eigenvalue weighted by atomic mass is 10.3. The molecule has 0 bridgehead atoms. The van der Waals surface area contributed by atoms with Gasteiger partial charge in [-0.15, -0.1) is 11.3 Å². The molecule has 2 heterocycles. The lowest BCUT2D eigenvalue weighted by molar-refractivity contribution is 0.699. The van der Waals surface area contributed by atoms with E-state index in [0.29, 0.717) is 5.82 Å². The molecule has 0 atom stereocenters. The van der Waals surface area contributed by atoms with Crippen molar-refractivity contribution in [3.05, 3.63) is 33.1 Å². The molecular formula is C8H8BrN3S. The second-order valence-corrected chi connectivity index (χ2v) is 4.96. The lowest BCUT2D eigenvalue weighted by Crippen LogP contribution is -2.04. The number of hydrogen-bond acceptors (Lipinski definition) is 3. The van der Waals surface area contributed by atoms with Gasteiger partial charge in [-0.25, -0.2) is 4.68 Å². The van der Waals surface area contributed by atoms with Gasteiger partial charge in [0.25, 0.3) is 0 Å². The molecule has 13 heavy (non-hydrogen) atoms. The molecule has 68 valence electrons. The molecule has 3 nitrogen and oxygen atoms in total. The number of nitrogen functional groups attached to an aromatic ring is 1. The van der Waals surface area contributed by atoms with Gasteiger partial charge in [0, 0.05) is 0 Å². The summed E-state index contributed by atoms with van der Waals surface area (Å²) >= 11 is 5.08. The van der Waals surface area contributed by atoms with Crippen LogP contribution < -0.4 is 5.73 Å². The number of halogens is 1. The van der Waals surface area contributed by atoms with Crippen molar-refractivity contribution in [3.63, 3.8) is 0 Å². The van der Waals surface area contributed by atoms with Crippen LogP contribution in [-0.4, -0.2) is 9.78 Å². The van der Waals surface area contributed by atoms with E-state index in [0.717, 1.165) is 10.3 Å². The van der Waals surface area contributed by atoms with Gasteiger partial charge in [-0.2, -0.15) is 5.10 Å². The highest BCUT2D eigenvalue weighted by atomic mass is 79.9. The molecule has 0 spiro atoms. The van der Waals surface area contributed by atoms with Crippen LogP contribution in [-0.2, 0) is 6.54 Å². The fourth-order valence-corrected chi connectivity index (χ4v) is 2.28. The Balaban J connectivity index is 2.19. The van der Waals surface area contributed by atoms with Gasteiger partial charge in [-0.05, 0) is 39.0 Å². The van der Waals surface area contributed by atoms with E-state index in [-0.39, 0.29) is 0 Å². The minimum Gasteiger partial charge on any atom is -0.384 e. The van der Waals surface area contributed by atoms with Gasteiger partial charge in [0.1, 0.15) is 5.82 Å². The van der Waals surface area contributed by atoms with E-state index < -0.39 is 0 Å². The Kier molecular flexibility index (Phi) is 2.37. The molecular weight excluding hydrogens is 250 g/mol. The summed E-state index contributed by atoms with van der Waals surface area (Å²) in [5.41, 5.74) is 6.90. The second-order valence-electron chi connectivity index (χ2n) is 2.67. The number of rotatable bonds is 2. The topological polar surface area (TPSA) is 43.8 Å². The molecule has 0 aliphatic rings. The van der Waals surface area contributed by atoms with Crippen LogP contribution in [0.1, 0.15) is 5.56 Å². The van der Waals surface area contributed by atoms with Crippen LogP contribution in [0, 0.1) is 0 Å². The normalized spacial score (nSPS) is 10.5. The van der Waals surface area contributed by atoms with E-state index in [4.69, 9.17) is 5.73 Å². The minimum absolute atomic E-state index is 0.697. The first-order chi connectivity index (χ1) is 6.25. The third-order valence-corrected chi connectivity index (χ3v) is 3.26. The molecule has 0 saturated heterocycles. The summed E-state index contributed by atoms with van der Waals surface area (Å²) in [4.78, 5) is 0. The highest BCUT2D eigenvalue weighted by Gasteiger charge is 2.01. The molecule has 0 radical (unpaired) electrons. The van der Waals surface area contributed by atoms with Gasteiger partial charge in [-0.1, -0.05) is 0 Å². The van der Waals surface area contributed by atoms with E-state index in [2.05, 4.69) is 32.5 Å². The predicted molar refractivity (Wildman–Crippen MR) is 57.8 cm³/mol. The Morgan fingerprint density at radius 3 is 3.00 bits per heavy atom. The van der Waals surface area contributed by atoms with Gasteiger partial charge >= 0.3 is 0 Å². The number of thiophene rings is 1. The van der Waals surface area contributed by atoms with E-state index in [1.54, 1.807) is 28.3 Å². The number of hydrogen-bond donors (Lipinski definition) is 1. The molecule has 0 saturated carbocycles. The van der Waals surface area contributed by atoms with Gasteiger partial charge in [0.05, 0.1) is 16.5 Å². The van der Waals surface area contributed by atoms with Gasteiger partial charge in [-0.3, -0.25) is 0 Å². The van der Waals surface area contributed by atoms with Crippen LogP contribution in [0.25, 0.3) is 0 Å². The smallest absolute Gasteiger partial charge is 0.122 e. The fourth-order valence-electron chi connectivity index (χ4n) is 1.08. The van der Waals surface area contributed by atoms with Crippen molar-refractivity contribution < 1.29 is 0 Å². The first-order valence-corrected chi connectivity index (χ1v) is 5.43. The molecule has 0 aromatic carbocycles. The average molecular weight is 258 g/mol. The maximum Gasteiger partial charge on any atom is 0.122 e. The van der Waals surface area contributed by atoms with Crippen molar-refractivity contribution in [2.24, 2.45) is 0 Å². The molecule has 5 heteroatoms. The van der Waals surface area contributed by atoms with E-state index >= 15 is 0 Å². The van der Waals surface area contributed by atoms with Crippen molar-refractivity contribution in [2.75, 3.05) is 5.73 Å². The first-order valence-electron chi connectivity index (χ1n) is 3.76. The molecule has 2 rings (SSSR count). The standard InChI is InChI=1S/C8H8BrN3S/c9-7-3-6(5-13-7)4-12-8(10)1-2-11-12/h1-3,5H,4,10H2. The maximum absolute atomic E-state index is 5.69. The van der Waals surface area contributed by atoms with Gasteiger partial charge in [0.15, 0.2) is 0 Å². The van der Waals surface area contributed by atoms with Crippen molar-refractivity contribution in [1.29, 1.82) is 0 Å². The van der Waals surface area contributed by atoms with Crippen LogP contribution in [0.2, 0.25) is 0 Å². The van der Waals surface area contributed by atoms with Gasteiger partial charge in [0.2, 0.25) is 0 Å². The van der Waals surface area contributed by atoms with Crippen molar-refractivity contribution in [3.8, 4) is 0 Å². The van der Waals surface area contributed by atoms with Crippen LogP contribution in [0.15, 0.2) is 27.5 Å². The molecule has 0 aliphatic heterocycles. The first kappa shape index (κ1) is 8.77. The Bertz CT molecular complexity index is 407. The maximum atomic E-state index is 5.69. The zero-order valence-corrected chi connectivity index (χ0v) is 9.18. The third-order valence-electron chi connectivity index (χ3n) is 1.70. The van der Waals surface area contributed by atoms with Crippen LogP contribution in [0.5, 0.6) is 0 Å². The van der Waals surface area contributed by atoms with Gasteiger partial charge < -0.3 is 5.73 Å². The second kappa shape index (κ2) is 3.51. The number of aromatic nitrogens is 2. The highest BCUT2D eigenvalue weighted by molar-refractivity contribution is 9.11. The average Bonchev–Trinajstić information content (AvgIpc) is 2.64. The molecule has 0 amide bonds. The quantitative estimate of drug-likeness (QED) is 0.898. The molecule has 0 unspecified atom stereocenters. The molecule has 2 N–H and O–H groups in total. The number of nitrogens with two attached hydrogens (primary N) is 1. The van der Waals surface area contributed by atoms with Crippen molar-refractivity contribution in [1.82, 2.24) is 9.78 Å². The van der Waals surface area contributed by atoms with E-state index in [1.165, 1.54) is 5.56 Å². The fraction of sp³-hybridized carbons (Fsp3) is 0.125. The Morgan fingerprint density at radius 1 is 1.62 bits per heavy atom. The predicted octanol–water partition coefficient (Wildman–Crippen LogP) is 2.34. The largest absolute Gasteiger partial charge is 0.384 e. The van der Waals surface area contributed by atoms with Crippen LogP contribution >= 0.6 is 27.3 Å². The van der Waals surface area contributed by atoms with E-state index in [9.17, 15) is 0 Å². The highest BCUT2D eigenvalue weighted by Crippen LogP contribution is 2.21. The Labute approximate surface area is 88.3 Å². The third kappa shape index (κ3) is 1.92. The van der Waals surface area contributed by atoms with Crippen molar-refractivity contribution in [2.45, 2.75) is 6.54 Å². The summed E-state index contributed by atoms with van der Waals surface area (Å²) in [6, 6.07) is 3.87. The minimum atomic E-state index is 0.697. The molecule has 2 aromatic rings. The zero-order chi connectivity index (χ0) is 9.26. The SMILES string of the molecule is Nc1ccnn1Cc1csc(Br)c1. The summed E-state index contributed by atoms with van der Waals surface area (Å²) in [6.45, 7) is 0.737. The Hall–Kier alpha value is -0.810. The monoisotopic (exact) mass is 257 g/mol.